The van der Waals surface area contributed by atoms with Crippen LogP contribution >= 0.6 is 0 Å². The lowest BCUT2D eigenvalue weighted by Crippen LogP contribution is -2.31. The van der Waals surface area contributed by atoms with Crippen LogP contribution in [0.4, 0.5) is 0 Å². The van der Waals surface area contributed by atoms with Gasteiger partial charge >= 0.3 is 0 Å². The molecule has 0 aromatic rings. The van der Waals surface area contributed by atoms with Crippen molar-refractivity contribution in [1.29, 1.82) is 0 Å². The second-order valence-electron chi connectivity index (χ2n) is 1.67. The molecule has 1 aliphatic rings. The van der Waals surface area contributed by atoms with Crippen molar-refractivity contribution >= 4 is 23.4 Å². The largest absolute Gasteiger partial charge is 0.259 e. The zero-order valence-electron chi connectivity index (χ0n) is 5.28. The van der Waals surface area contributed by atoms with Gasteiger partial charge in [-0.3, -0.25) is 5.41 Å². The van der Waals surface area contributed by atoms with Crippen LogP contribution in [0.1, 0.15) is 0 Å². The van der Waals surface area contributed by atoms with Gasteiger partial charge in [0.05, 0.1) is 0 Å². The van der Waals surface area contributed by atoms with Crippen LogP contribution in [0, 0.1) is 0 Å². The topological polar surface area (TPSA) is 55.0 Å². The van der Waals surface area contributed by atoms with E-state index < -0.39 is 11.0 Å². The van der Waals surface area contributed by atoms with E-state index in [9.17, 15) is 4.21 Å². The maximum atomic E-state index is 10.9. The third-order valence-corrected chi connectivity index (χ3v) is 2.18. The zero-order chi connectivity index (χ0) is 7.56. The second kappa shape index (κ2) is 2.70. The Labute approximate surface area is 61.3 Å². The molecule has 1 rings (SSSR count). The molecule has 2 N–H and O–H groups in total. The van der Waals surface area contributed by atoms with Crippen LogP contribution in [-0.2, 0) is 11.0 Å². The third kappa shape index (κ3) is 0.974. The minimum absolute atomic E-state index is 0.537. The number of allylic oxidation sites excluding steroid dienone is 3. The summed E-state index contributed by atoms with van der Waals surface area (Å²) in [5.74, 6) is 0. The molecule has 0 amide bonds. The van der Waals surface area contributed by atoms with Crippen molar-refractivity contribution in [2.45, 2.75) is 0 Å². The highest BCUT2D eigenvalue weighted by molar-refractivity contribution is 7.89. The van der Waals surface area contributed by atoms with E-state index in [4.69, 9.17) is 5.41 Å². The zero-order valence-corrected chi connectivity index (χ0v) is 6.10. The molecular formula is C6H7N2OS+. The number of rotatable bonds is 2. The molecule has 0 spiro atoms. The van der Waals surface area contributed by atoms with Gasteiger partial charge in [-0.1, -0.05) is 12.7 Å². The van der Waals surface area contributed by atoms with Crippen molar-refractivity contribution in [2.24, 2.45) is 4.40 Å². The number of nitrogens with zero attached hydrogens (tertiary/aromatic N) is 1. The lowest BCUT2D eigenvalue weighted by Gasteiger charge is -1.84. The Kier molecular flexibility index (Phi) is 1.91. The predicted molar refractivity (Wildman–Crippen MR) is 41.8 cm³/mol. The van der Waals surface area contributed by atoms with Crippen LogP contribution in [0.5, 0.6) is 0 Å². The predicted octanol–water partition coefficient (Wildman–Crippen LogP) is -0.996. The van der Waals surface area contributed by atoms with Crippen molar-refractivity contribution in [1.82, 2.24) is 0 Å². The summed E-state index contributed by atoms with van der Waals surface area (Å²) in [6.45, 7) is 3.52. The Bertz CT molecular complexity index is 255. The minimum Gasteiger partial charge on any atom is -0.259 e. The molecule has 10 heavy (non-hydrogen) atoms. The second-order valence-corrected chi connectivity index (χ2v) is 2.82. The third-order valence-electron chi connectivity index (χ3n) is 1.13. The van der Waals surface area contributed by atoms with Crippen LogP contribution < -0.4 is 5.41 Å². The van der Waals surface area contributed by atoms with Gasteiger partial charge in [-0.05, 0) is 0 Å². The van der Waals surface area contributed by atoms with Gasteiger partial charge in [-0.2, -0.15) is 4.40 Å². The Morgan fingerprint density at radius 2 is 2.50 bits per heavy atom. The van der Waals surface area contributed by atoms with Gasteiger partial charge in [0.15, 0.2) is 17.2 Å². The van der Waals surface area contributed by atoms with Crippen molar-refractivity contribution in [3.63, 3.8) is 0 Å². The summed E-state index contributed by atoms with van der Waals surface area (Å²) in [5.41, 5.74) is 0.737. The molecule has 0 radical (unpaired) electrons. The Morgan fingerprint density at radius 3 is 2.90 bits per heavy atom. The van der Waals surface area contributed by atoms with Crippen LogP contribution in [0.25, 0.3) is 0 Å². The van der Waals surface area contributed by atoms with E-state index in [2.05, 4.69) is 11.0 Å². The first kappa shape index (κ1) is 7.08. The van der Waals surface area contributed by atoms with Crippen molar-refractivity contribution in [3.8, 4) is 0 Å². The van der Waals surface area contributed by atoms with Gasteiger partial charge in [0.1, 0.15) is 4.91 Å². The average molecular weight is 155 g/mol. The normalized spacial score (nSPS) is 23.4. The van der Waals surface area contributed by atoms with Gasteiger partial charge in [0, 0.05) is 11.8 Å². The molecule has 1 atom stereocenters. The molecule has 3 nitrogen and oxygen atoms in total. The number of hydrogen-bond acceptors (Lipinski definition) is 1. The molecule has 0 aromatic carbocycles. The minimum atomic E-state index is -1.29. The van der Waals surface area contributed by atoms with E-state index in [0.29, 0.717) is 4.91 Å². The fourth-order valence-corrected chi connectivity index (χ4v) is 1.41. The van der Waals surface area contributed by atoms with Crippen LogP contribution in [0.3, 0.4) is 0 Å². The first-order valence-electron chi connectivity index (χ1n) is 2.67. The summed E-state index contributed by atoms with van der Waals surface area (Å²) >= 11 is 0. The molecule has 0 saturated heterocycles. The summed E-state index contributed by atoms with van der Waals surface area (Å²) in [4.78, 5) is 0.537. The highest BCUT2D eigenvalue weighted by atomic mass is 32.2. The fourth-order valence-electron chi connectivity index (χ4n) is 0.634. The van der Waals surface area contributed by atoms with E-state index in [1.807, 2.05) is 0 Å². The van der Waals surface area contributed by atoms with E-state index in [-0.39, 0.29) is 0 Å². The van der Waals surface area contributed by atoms with Crippen molar-refractivity contribution < 1.29 is 9.62 Å². The number of nitrogens with two attached hydrogens (primary N) is 1. The van der Waals surface area contributed by atoms with Crippen LogP contribution in [-0.4, -0.2) is 16.6 Å². The summed E-state index contributed by atoms with van der Waals surface area (Å²) in [6.07, 6.45) is 4.37. The molecule has 1 unspecified atom stereocenters. The van der Waals surface area contributed by atoms with E-state index in [0.717, 1.165) is 5.57 Å². The maximum Gasteiger partial charge on any atom is 0.179 e. The molecule has 0 aromatic heterocycles. The lowest BCUT2D eigenvalue weighted by molar-refractivity contribution is -0.104. The Morgan fingerprint density at radius 1 is 1.80 bits per heavy atom. The quantitative estimate of drug-likeness (QED) is 0.511. The van der Waals surface area contributed by atoms with Crippen molar-refractivity contribution in [2.75, 3.05) is 0 Å². The van der Waals surface area contributed by atoms with Gasteiger partial charge in [0.2, 0.25) is 0 Å². The Balaban J connectivity index is 3.12. The standard InChI is InChI=1S/C6H6N2OS/c1-2-5-4-8-10(9)6(5)3-7/h2-4,7H,1H2/p+1. The molecule has 4 heteroatoms. The van der Waals surface area contributed by atoms with Crippen LogP contribution in [0.2, 0.25) is 0 Å². The smallest absolute Gasteiger partial charge is 0.179 e. The molecule has 0 bridgehead atoms. The van der Waals surface area contributed by atoms with Gasteiger partial charge in [-0.15, -0.1) is 0 Å². The molecular weight excluding hydrogens is 148 g/mol. The van der Waals surface area contributed by atoms with E-state index >= 15 is 0 Å². The van der Waals surface area contributed by atoms with Crippen LogP contribution in [0.15, 0.2) is 27.5 Å². The molecule has 0 saturated carbocycles. The van der Waals surface area contributed by atoms with Gasteiger partial charge < -0.3 is 0 Å². The number of hydrogen-bond donors (Lipinski definition) is 1. The maximum absolute atomic E-state index is 10.9. The fraction of sp³-hybridized carbons (Fsp3) is 0. The Hall–Kier alpha value is -1.03. The van der Waals surface area contributed by atoms with E-state index in [1.54, 1.807) is 6.08 Å². The SMILES string of the molecule is C=CC1=C(C=[NH2+])S(=O)N=C1. The summed E-state index contributed by atoms with van der Waals surface area (Å²) in [6, 6.07) is 0. The highest BCUT2D eigenvalue weighted by Gasteiger charge is 2.15. The first-order chi connectivity index (χ1) is 4.79. The summed E-state index contributed by atoms with van der Waals surface area (Å²) < 4.78 is 14.5. The summed E-state index contributed by atoms with van der Waals surface area (Å²) in [7, 11) is -1.29. The lowest BCUT2D eigenvalue weighted by atomic mass is 10.3. The molecule has 1 heterocycles. The molecule has 0 fully saturated rings. The monoisotopic (exact) mass is 155 g/mol. The molecule has 1 aliphatic heterocycles. The van der Waals surface area contributed by atoms with Gasteiger partial charge in [0.25, 0.3) is 0 Å². The van der Waals surface area contributed by atoms with Gasteiger partial charge in [-0.25, -0.2) is 4.21 Å². The highest BCUT2D eigenvalue weighted by Crippen LogP contribution is 2.12. The molecule has 0 aliphatic carbocycles. The first-order valence-corrected chi connectivity index (χ1v) is 3.78. The molecule has 52 valence electrons. The van der Waals surface area contributed by atoms with E-state index in [1.165, 1.54) is 12.4 Å². The van der Waals surface area contributed by atoms with Crippen molar-refractivity contribution in [3.05, 3.63) is 23.1 Å². The summed E-state index contributed by atoms with van der Waals surface area (Å²) in [5, 5.41) is 5.19. The average Bonchev–Trinajstić information content (AvgIpc) is 2.30.